The fourth-order valence-electron chi connectivity index (χ4n) is 2.31. The molecule has 1 fully saturated rings. The van der Waals surface area contributed by atoms with E-state index < -0.39 is 5.91 Å². The molecule has 5 nitrogen and oxygen atoms in total. The first-order valence-electron chi connectivity index (χ1n) is 6.52. The largest absolute Gasteiger partial charge is 0.497 e. The van der Waals surface area contributed by atoms with Crippen LogP contribution in [0, 0.1) is 0 Å². The number of hydrogen-bond acceptors (Lipinski definition) is 5. The molecule has 2 aromatic rings. The third-order valence-corrected chi connectivity index (χ3v) is 4.18. The van der Waals surface area contributed by atoms with Gasteiger partial charge in [-0.25, -0.2) is 0 Å². The molecule has 1 heterocycles. The molecule has 2 amide bonds. The standard InChI is InChI=1S/C16H13NO4S/c1-20-10-5-3-9-4-6-13(21-2)12(11(9)7-10)8-14-15(18)17-16(19)22-14/h3-8H,1-2H3,(H,17,18,19)/b14-8-. The number of fused-ring (bicyclic) bond motifs is 1. The predicted molar refractivity (Wildman–Crippen MR) is 86.2 cm³/mol. The maximum atomic E-state index is 11.8. The lowest BCUT2D eigenvalue weighted by molar-refractivity contribution is -0.115. The highest BCUT2D eigenvalue weighted by Gasteiger charge is 2.25. The zero-order chi connectivity index (χ0) is 15.7. The topological polar surface area (TPSA) is 64.6 Å². The van der Waals surface area contributed by atoms with Crippen LogP contribution < -0.4 is 14.8 Å². The summed E-state index contributed by atoms with van der Waals surface area (Å²) in [5.41, 5.74) is 0.742. The van der Waals surface area contributed by atoms with Gasteiger partial charge in [-0.05, 0) is 46.8 Å². The zero-order valence-corrected chi connectivity index (χ0v) is 12.8. The van der Waals surface area contributed by atoms with Gasteiger partial charge < -0.3 is 9.47 Å². The van der Waals surface area contributed by atoms with E-state index >= 15 is 0 Å². The van der Waals surface area contributed by atoms with Crippen molar-refractivity contribution >= 4 is 39.8 Å². The number of amides is 2. The molecule has 0 saturated carbocycles. The summed E-state index contributed by atoms with van der Waals surface area (Å²) in [5, 5.41) is 3.76. The minimum absolute atomic E-state index is 0.346. The maximum absolute atomic E-state index is 11.8. The van der Waals surface area contributed by atoms with Crippen molar-refractivity contribution in [1.29, 1.82) is 0 Å². The summed E-state index contributed by atoms with van der Waals surface area (Å²) in [7, 11) is 3.16. The number of carbonyl (C=O) groups is 2. The van der Waals surface area contributed by atoms with Crippen LogP contribution in [0.4, 0.5) is 4.79 Å². The SMILES string of the molecule is COc1ccc2ccc(OC)c(/C=C3\SC(=O)NC3=O)c2c1. The van der Waals surface area contributed by atoms with Crippen molar-refractivity contribution < 1.29 is 19.1 Å². The summed E-state index contributed by atoms with van der Waals surface area (Å²) in [6.07, 6.45) is 1.67. The zero-order valence-electron chi connectivity index (χ0n) is 12.0. The molecule has 2 aromatic carbocycles. The van der Waals surface area contributed by atoms with E-state index in [1.807, 2.05) is 30.3 Å². The van der Waals surface area contributed by atoms with Crippen molar-refractivity contribution in [1.82, 2.24) is 5.32 Å². The average molecular weight is 315 g/mol. The van der Waals surface area contributed by atoms with Crippen LogP contribution in [0.25, 0.3) is 16.8 Å². The van der Waals surface area contributed by atoms with Crippen LogP contribution in [0.3, 0.4) is 0 Å². The molecule has 6 heteroatoms. The second-order valence-electron chi connectivity index (χ2n) is 4.62. The van der Waals surface area contributed by atoms with E-state index in [9.17, 15) is 9.59 Å². The van der Waals surface area contributed by atoms with Gasteiger partial charge >= 0.3 is 0 Å². The van der Waals surface area contributed by atoms with Gasteiger partial charge in [-0.3, -0.25) is 14.9 Å². The fraction of sp³-hybridized carbons (Fsp3) is 0.125. The quantitative estimate of drug-likeness (QED) is 0.881. The summed E-state index contributed by atoms with van der Waals surface area (Å²) in [6.45, 7) is 0. The van der Waals surface area contributed by atoms with E-state index in [-0.39, 0.29) is 5.24 Å². The van der Waals surface area contributed by atoms with E-state index in [1.54, 1.807) is 20.3 Å². The normalized spacial score (nSPS) is 16.2. The number of methoxy groups -OCH3 is 2. The van der Waals surface area contributed by atoms with Gasteiger partial charge in [-0.2, -0.15) is 0 Å². The van der Waals surface area contributed by atoms with Crippen molar-refractivity contribution in [3.8, 4) is 11.5 Å². The van der Waals surface area contributed by atoms with Crippen LogP contribution in [-0.2, 0) is 4.79 Å². The minimum atomic E-state index is -0.392. The number of imide groups is 1. The number of ether oxygens (including phenoxy) is 2. The summed E-state index contributed by atoms with van der Waals surface area (Å²) in [6, 6.07) is 9.45. The van der Waals surface area contributed by atoms with Crippen LogP contribution in [0.15, 0.2) is 35.2 Å². The van der Waals surface area contributed by atoms with E-state index in [2.05, 4.69) is 5.32 Å². The van der Waals surface area contributed by atoms with Crippen LogP contribution in [-0.4, -0.2) is 25.4 Å². The molecule has 0 atom stereocenters. The lowest BCUT2D eigenvalue weighted by Gasteiger charge is -2.10. The molecule has 0 aromatic heterocycles. The minimum Gasteiger partial charge on any atom is -0.497 e. The number of thioether (sulfide) groups is 1. The first kappa shape index (κ1) is 14.5. The van der Waals surface area contributed by atoms with Crippen LogP contribution >= 0.6 is 11.8 Å². The molecule has 0 spiro atoms. The van der Waals surface area contributed by atoms with E-state index in [1.165, 1.54) is 0 Å². The Balaban J connectivity index is 2.23. The van der Waals surface area contributed by atoms with Gasteiger partial charge in [-0.1, -0.05) is 12.1 Å². The van der Waals surface area contributed by atoms with E-state index in [0.29, 0.717) is 16.4 Å². The number of hydrogen-bond donors (Lipinski definition) is 1. The maximum Gasteiger partial charge on any atom is 0.290 e. The van der Waals surface area contributed by atoms with Gasteiger partial charge in [0.2, 0.25) is 0 Å². The van der Waals surface area contributed by atoms with Gasteiger partial charge in [0.05, 0.1) is 19.1 Å². The highest BCUT2D eigenvalue weighted by atomic mass is 32.2. The van der Waals surface area contributed by atoms with Crippen LogP contribution in [0.1, 0.15) is 5.56 Å². The molecule has 0 aliphatic carbocycles. The molecule has 0 unspecified atom stereocenters. The van der Waals surface area contributed by atoms with Crippen LogP contribution in [0.2, 0.25) is 0 Å². The van der Waals surface area contributed by atoms with Gasteiger partial charge in [0.1, 0.15) is 11.5 Å². The van der Waals surface area contributed by atoms with Gasteiger partial charge in [-0.15, -0.1) is 0 Å². The summed E-state index contributed by atoms with van der Waals surface area (Å²) < 4.78 is 10.6. The Hall–Kier alpha value is -2.47. The van der Waals surface area contributed by atoms with Crippen molar-refractivity contribution in [3.05, 3.63) is 40.8 Å². The van der Waals surface area contributed by atoms with Crippen molar-refractivity contribution in [2.75, 3.05) is 14.2 Å². The lowest BCUT2D eigenvalue weighted by atomic mass is 10.0. The van der Waals surface area contributed by atoms with Crippen molar-refractivity contribution in [2.45, 2.75) is 0 Å². The van der Waals surface area contributed by atoms with Gasteiger partial charge in [0.25, 0.3) is 11.1 Å². The average Bonchev–Trinajstić information content (AvgIpc) is 2.84. The molecule has 1 aliphatic rings. The van der Waals surface area contributed by atoms with Crippen LogP contribution in [0.5, 0.6) is 11.5 Å². The Morgan fingerprint density at radius 2 is 1.86 bits per heavy atom. The number of carbonyl (C=O) groups excluding carboxylic acids is 2. The Morgan fingerprint density at radius 1 is 1.09 bits per heavy atom. The summed E-state index contributed by atoms with van der Waals surface area (Å²) >= 11 is 0.881. The molecule has 22 heavy (non-hydrogen) atoms. The van der Waals surface area contributed by atoms with Crippen molar-refractivity contribution in [2.24, 2.45) is 0 Å². The Labute approximate surface area is 131 Å². The second kappa shape index (κ2) is 5.73. The molecule has 3 rings (SSSR count). The van der Waals surface area contributed by atoms with Gasteiger partial charge in [0, 0.05) is 5.56 Å². The smallest absolute Gasteiger partial charge is 0.290 e. The number of rotatable bonds is 3. The summed E-state index contributed by atoms with van der Waals surface area (Å²) in [4.78, 5) is 23.4. The molecule has 0 bridgehead atoms. The van der Waals surface area contributed by atoms with E-state index in [0.717, 1.165) is 28.1 Å². The molecule has 1 N–H and O–H groups in total. The Morgan fingerprint density at radius 3 is 2.50 bits per heavy atom. The molecule has 1 aliphatic heterocycles. The Kier molecular flexibility index (Phi) is 3.77. The monoisotopic (exact) mass is 315 g/mol. The molecular formula is C16H13NO4S. The molecular weight excluding hydrogens is 302 g/mol. The molecule has 112 valence electrons. The highest BCUT2D eigenvalue weighted by molar-refractivity contribution is 8.18. The lowest BCUT2D eigenvalue weighted by Crippen LogP contribution is -2.17. The fourth-order valence-corrected chi connectivity index (χ4v) is 2.97. The second-order valence-corrected chi connectivity index (χ2v) is 5.64. The first-order chi connectivity index (χ1) is 10.6. The predicted octanol–water partition coefficient (Wildman–Crippen LogP) is 3.18. The highest BCUT2D eigenvalue weighted by Crippen LogP contribution is 2.35. The summed E-state index contributed by atoms with van der Waals surface area (Å²) in [5.74, 6) is 0.943. The molecule has 1 saturated heterocycles. The number of nitrogens with one attached hydrogen (secondary N) is 1. The van der Waals surface area contributed by atoms with Crippen molar-refractivity contribution in [3.63, 3.8) is 0 Å². The van der Waals surface area contributed by atoms with E-state index in [4.69, 9.17) is 9.47 Å². The first-order valence-corrected chi connectivity index (χ1v) is 7.33. The molecule has 0 radical (unpaired) electrons. The third kappa shape index (κ3) is 2.53. The third-order valence-electron chi connectivity index (χ3n) is 3.37. The Bertz CT molecular complexity index is 808. The number of benzene rings is 2. The van der Waals surface area contributed by atoms with Gasteiger partial charge in [0.15, 0.2) is 0 Å².